The first-order valence-electron chi connectivity index (χ1n) is 6.43. The maximum Gasteiger partial charge on any atom is 0.0183 e. The highest BCUT2D eigenvalue weighted by Crippen LogP contribution is 2.41. The van der Waals surface area contributed by atoms with E-state index in [0.29, 0.717) is 12.5 Å². The minimum atomic E-state index is 0.512. The Balaban J connectivity index is 2.51. The predicted octanol–water partition coefficient (Wildman–Crippen LogP) is 4.03. The predicted molar refractivity (Wildman–Crippen MR) is 80.0 cm³/mol. The molecular weight excluding hydrogens is 218 g/mol. The van der Waals surface area contributed by atoms with Crippen LogP contribution in [0, 0.1) is 5.92 Å². The number of rotatable bonds is 3. The van der Waals surface area contributed by atoms with Gasteiger partial charge < -0.3 is 5.73 Å². The summed E-state index contributed by atoms with van der Waals surface area (Å²) in [6.45, 7) is 11.1. The second kappa shape index (κ2) is 4.95. The molecule has 1 aromatic carbocycles. The molecule has 1 aliphatic rings. The molecular formula is C17H21N. The van der Waals surface area contributed by atoms with Gasteiger partial charge in [-0.2, -0.15) is 0 Å². The van der Waals surface area contributed by atoms with Gasteiger partial charge in [0.1, 0.15) is 0 Å². The highest BCUT2D eigenvalue weighted by molar-refractivity contribution is 5.86. The van der Waals surface area contributed by atoms with Crippen molar-refractivity contribution in [1.82, 2.24) is 0 Å². The van der Waals surface area contributed by atoms with E-state index in [4.69, 9.17) is 5.73 Å². The molecule has 1 nitrogen and oxygen atoms in total. The zero-order chi connectivity index (χ0) is 13.3. The van der Waals surface area contributed by atoms with E-state index in [9.17, 15) is 0 Å². The molecule has 1 aliphatic carbocycles. The summed E-state index contributed by atoms with van der Waals surface area (Å²) < 4.78 is 0. The molecule has 2 N–H and O–H groups in total. The Hall–Kier alpha value is -1.60. The fraction of sp³-hybridized carbons (Fsp3) is 0.294. The maximum absolute atomic E-state index is 5.92. The van der Waals surface area contributed by atoms with Crippen molar-refractivity contribution in [3.8, 4) is 0 Å². The second-order valence-corrected chi connectivity index (χ2v) is 4.97. The maximum atomic E-state index is 5.92. The molecule has 94 valence electrons. The molecule has 18 heavy (non-hydrogen) atoms. The van der Waals surface area contributed by atoms with Crippen LogP contribution < -0.4 is 5.73 Å². The molecule has 0 fully saturated rings. The molecule has 2 rings (SSSR count). The highest BCUT2D eigenvalue weighted by atomic mass is 14.5. The van der Waals surface area contributed by atoms with Gasteiger partial charge in [0.25, 0.3) is 0 Å². The molecule has 0 saturated heterocycles. The standard InChI is InChI=1S/C17H21N/c1-5-14-6-8-15(9-7-14)17-13(4)11(2)12(3)16(17)10-18/h5-9,11H,1,10,18H2,2-4H3. The fourth-order valence-corrected chi connectivity index (χ4v) is 2.69. The summed E-state index contributed by atoms with van der Waals surface area (Å²) in [5.74, 6) is 0.512. The van der Waals surface area contributed by atoms with Crippen LogP contribution in [0.1, 0.15) is 31.9 Å². The molecule has 0 aliphatic heterocycles. The fourth-order valence-electron chi connectivity index (χ4n) is 2.69. The van der Waals surface area contributed by atoms with Gasteiger partial charge in [-0.1, -0.05) is 55.0 Å². The topological polar surface area (TPSA) is 26.0 Å². The molecule has 1 aromatic rings. The lowest BCUT2D eigenvalue weighted by Gasteiger charge is -2.10. The largest absolute Gasteiger partial charge is 0.326 e. The summed E-state index contributed by atoms with van der Waals surface area (Å²) in [6, 6.07) is 8.54. The number of benzene rings is 1. The van der Waals surface area contributed by atoms with Gasteiger partial charge in [-0.15, -0.1) is 0 Å². The van der Waals surface area contributed by atoms with Crippen molar-refractivity contribution in [1.29, 1.82) is 0 Å². The molecule has 0 saturated carbocycles. The summed E-state index contributed by atoms with van der Waals surface area (Å²) in [4.78, 5) is 0. The Morgan fingerprint density at radius 2 is 1.78 bits per heavy atom. The highest BCUT2D eigenvalue weighted by Gasteiger charge is 2.25. The molecule has 0 bridgehead atoms. The van der Waals surface area contributed by atoms with Crippen LogP contribution >= 0.6 is 0 Å². The summed E-state index contributed by atoms with van der Waals surface area (Å²) in [7, 11) is 0. The van der Waals surface area contributed by atoms with E-state index >= 15 is 0 Å². The number of allylic oxidation sites excluding steroid dienone is 2. The van der Waals surface area contributed by atoms with Crippen molar-refractivity contribution in [2.45, 2.75) is 20.8 Å². The molecule has 1 unspecified atom stereocenters. The molecule has 0 radical (unpaired) electrons. The van der Waals surface area contributed by atoms with Crippen LogP contribution in [-0.4, -0.2) is 6.54 Å². The van der Waals surface area contributed by atoms with Crippen LogP contribution in [0.15, 0.2) is 47.6 Å². The third-order valence-electron chi connectivity index (χ3n) is 4.11. The Labute approximate surface area is 110 Å². The van der Waals surface area contributed by atoms with E-state index in [2.05, 4.69) is 51.6 Å². The van der Waals surface area contributed by atoms with Crippen molar-refractivity contribution in [2.75, 3.05) is 6.54 Å². The van der Waals surface area contributed by atoms with Gasteiger partial charge >= 0.3 is 0 Å². The van der Waals surface area contributed by atoms with Gasteiger partial charge in [0.2, 0.25) is 0 Å². The zero-order valence-corrected chi connectivity index (χ0v) is 11.5. The number of hydrogen-bond donors (Lipinski definition) is 1. The van der Waals surface area contributed by atoms with Gasteiger partial charge in [-0.25, -0.2) is 0 Å². The average molecular weight is 239 g/mol. The van der Waals surface area contributed by atoms with Crippen molar-refractivity contribution in [3.63, 3.8) is 0 Å². The van der Waals surface area contributed by atoms with E-state index in [1.54, 1.807) is 0 Å². The van der Waals surface area contributed by atoms with Crippen LogP contribution in [0.5, 0.6) is 0 Å². The van der Waals surface area contributed by atoms with Gasteiger partial charge in [-0.05, 0) is 42.0 Å². The molecule has 1 heteroatoms. The minimum absolute atomic E-state index is 0.512. The third-order valence-corrected chi connectivity index (χ3v) is 4.11. The van der Waals surface area contributed by atoms with Gasteiger partial charge in [0, 0.05) is 6.54 Å². The summed E-state index contributed by atoms with van der Waals surface area (Å²) in [6.07, 6.45) is 1.87. The third kappa shape index (κ3) is 1.95. The van der Waals surface area contributed by atoms with Crippen molar-refractivity contribution in [3.05, 3.63) is 58.7 Å². The van der Waals surface area contributed by atoms with Gasteiger partial charge in [-0.3, -0.25) is 0 Å². The molecule has 0 heterocycles. The Morgan fingerprint density at radius 3 is 2.28 bits per heavy atom. The second-order valence-electron chi connectivity index (χ2n) is 4.97. The van der Waals surface area contributed by atoms with E-state index in [1.807, 2.05) is 6.08 Å². The lowest BCUT2D eigenvalue weighted by molar-refractivity contribution is 0.816. The first kappa shape index (κ1) is 12.8. The minimum Gasteiger partial charge on any atom is -0.326 e. The van der Waals surface area contributed by atoms with Gasteiger partial charge in [0.05, 0.1) is 0 Å². The van der Waals surface area contributed by atoms with E-state index in [0.717, 1.165) is 5.56 Å². The quantitative estimate of drug-likeness (QED) is 0.846. The SMILES string of the molecule is C=Cc1ccc(C2=C(C)C(C)C(C)=C2CN)cc1. The number of hydrogen-bond acceptors (Lipinski definition) is 1. The molecule has 1 atom stereocenters. The van der Waals surface area contributed by atoms with Crippen molar-refractivity contribution >= 4 is 11.6 Å². The summed E-state index contributed by atoms with van der Waals surface area (Å²) in [5.41, 5.74) is 13.8. The van der Waals surface area contributed by atoms with Crippen LogP contribution in [0.4, 0.5) is 0 Å². The van der Waals surface area contributed by atoms with Crippen LogP contribution in [0.25, 0.3) is 11.6 Å². The van der Waals surface area contributed by atoms with Crippen molar-refractivity contribution < 1.29 is 0 Å². The Morgan fingerprint density at radius 1 is 1.17 bits per heavy atom. The first-order chi connectivity index (χ1) is 8.60. The monoisotopic (exact) mass is 239 g/mol. The summed E-state index contributed by atoms with van der Waals surface area (Å²) in [5, 5.41) is 0. The smallest absolute Gasteiger partial charge is 0.0183 e. The Kier molecular flexibility index (Phi) is 3.53. The lowest BCUT2D eigenvalue weighted by Crippen LogP contribution is -2.05. The molecule has 0 amide bonds. The number of nitrogens with two attached hydrogens (primary N) is 1. The normalized spacial score (nSPS) is 19.7. The summed E-state index contributed by atoms with van der Waals surface area (Å²) >= 11 is 0. The Bertz CT molecular complexity index is 529. The molecule has 0 aromatic heterocycles. The van der Waals surface area contributed by atoms with E-state index in [-0.39, 0.29) is 0 Å². The van der Waals surface area contributed by atoms with Crippen LogP contribution in [-0.2, 0) is 0 Å². The van der Waals surface area contributed by atoms with Gasteiger partial charge in [0.15, 0.2) is 0 Å². The molecule has 0 spiro atoms. The lowest BCUT2D eigenvalue weighted by atomic mass is 9.95. The zero-order valence-electron chi connectivity index (χ0n) is 11.5. The average Bonchev–Trinajstić information content (AvgIpc) is 2.63. The first-order valence-corrected chi connectivity index (χ1v) is 6.43. The van der Waals surface area contributed by atoms with E-state index in [1.165, 1.54) is 27.9 Å². The van der Waals surface area contributed by atoms with Crippen molar-refractivity contribution in [2.24, 2.45) is 11.7 Å². The van der Waals surface area contributed by atoms with Crippen LogP contribution in [0.2, 0.25) is 0 Å². The van der Waals surface area contributed by atoms with Crippen LogP contribution in [0.3, 0.4) is 0 Å². The van der Waals surface area contributed by atoms with E-state index < -0.39 is 0 Å².